The van der Waals surface area contributed by atoms with Crippen molar-refractivity contribution < 1.29 is 4.79 Å². The highest BCUT2D eigenvalue weighted by Gasteiger charge is 2.42. The summed E-state index contributed by atoms with van der Waals surface area (Å²) < 4.78 is 2.17. The summed E-state index contributed by atoms with van der Waals surface area (Å²) in [5.41, 5.74) is 8.71. The highest BCUT2D eigenvalue weighted by molar-refractivity contribution is 5.99. The molecule has 1 amide bonds. The number of nitrogens with zero attached hydrogens (tertiary/aromatic N) is 4. The van der Waals surface area contributed by atoms with E-state index in [9.17, 15) is 4.79 Å². The topological polar surface area (TPSA) is 111 Å². The van der Waals surface area contributed by atoms with Gasteiger partial charge in [0.1, 0.15) is 17.2 Å². The molecule has 2 aliphatic carbocycles. The number of hydrogen-bond donors (Lipinski definition) is 3. The number of nitrogens with two attached hydrogens (primary N) is 1. The zero-order chi connectivity index (χ0) is 22.6. The molecule has 0 aromatic carbocycles. The Labute approximate surface area is 193 Å². The molecule has 2 fully saturated rings. The van der Waals surface area contributed by atoms with Crippen molar-refractivity contribution in [3.05, 3.63) is 41.9 Å². The van der Waals surface area contributed by atoms with E-state index in [0.717, 1.165) is 30.4 Å². The van der Waals surface area contributed by atoms with Gasteiger partial charge < -0.3 is 20.9 Å². The normalized spacial score (nSPS) is 26.0. The Morgan fingerprint density at radius 2 is 2.06 bits per heavy atom. The third-order valence-corrected chi connectivity index (χ3v) is 8.05. The number of fused-ring (bicyclic) bond motifs is 4. The van der Waals surface area contributed by atoms with E-state index in [1.165, 1.54) is 31.2 Å². The Morgan fingerprint density at radius 1 is 1.21 bits per heavy atom. The van der Waals surface area contributed by atoms with Crippen LogP contribution in [0.5, 0.6) is 0 Å². The molecule has 1 aliphatic heterocycles. The first kappa shape index (κ1) is 20.6. The van der Waals surface area contributed by atoms with Crippen LogP contribution in [0.2, 0.25) is 0 Å². The number of nitrogens with one attached hydrogen (secondary N) is 2. The van der Waals surface area contributed by atoms with Crippen molar-refractivity contribution in [2.45, 2.75) is 56.9 Å². The number of rotatable bonds is 4. The minimum Gasteiger partial charge on any atom is -0.348 e. The summed E-state index contributed by atoms with van der Waals surface area (Å²) in [6.45, 7) is 3.70. The molecule has 2 saturated carbocycles. The molecule has 172 valence electrons. The number of aromatic nitrogens is 4. The first-order valence-corrected chi connectivity index (χ1v) is 12.2. The Bertz CT molecular complexity index is 1200. The van der Waals surface area contributed by atoms with Gasteiger partial charge in [0.25, 0.3) is 5.91 Å². The second kappa shape index (κ2) is 7.80. The average molecular weight is 446 g/mol. The first-order valence-electron chi connectivity index (χ1n) is 12.2. The van der Waals surface area contributed by atoms with E-state index in [0.29, 0.717) is 41.8 Å². The fourth-order valence-electron chi connectivity index (χ4n) is 6.43. The van der Waals surface area contributed by atoms with E-state index < -0.39 is 0 Å². The number of amides is 1. The summed E-state index contributed by atoms with van der Waals surface area (Å²) in [6, 6.07) is 6.06. The molecule has 0 radical (unpaired) electrons. The number of carbonyl (C=O) groups is 1. The van der Waals surface area contributed by atoms with Crippen molar-refractivity contribution in [1.82, 2.24) is 24.8 Å². The minimum atomic E-state index is -0.0749. The zero-order valence-corrected chi connectivity index (χ0v) is 19.1. The third-order valence-electron chi connectivity index (χ3n) is 8.05. The van der Waals surface area contributed by atoms with E-state index in [-0.39, 0.29) is 11.4 Å². The van der Waals surface area contributed by atoms with Gasteiger partial charge in [-0.25, -0.2) is 9.97 Å². The molecule has 8 nitrogen and oxygen atoms in total. The molecule has 3 aromatic heterocycles. The molecule has 0 saturated heterocycles. The van der Waals surface area contributed by atoms with Gasteiger partial charge in [0.05, 0.1) is 5.54 Å². The Morgan fingerprint density at radius 3 is 2.82 bits per heavy atom. The molecular weight excluding hydrogens is 414 g/mol. The molecule has 1 spiro atoms. The maximum absolute atomic E-state index is 12.6. The lowest BCUT2D eigenvalue weighted by molar-refractivity contribution is 0.0876. The summed E-state index contributed by atoms with van der Waals surface area (Å²) >= 11 is 0. The maximum atomic E-state index is 12.6. The SMILES string of the molecule is C[C@@H]1CC(c2ccc(Nc3ncc4cc5n(c4n3)C3(CCCC3)CNC5=O)nc2)[C@@H](CN)C1. The van der Waals surface area contributed by atoms with Gasteiger partial charge in [-0.1, -0.05) is 25.8 Å². The fourth-order valence-corrected chi connectivity index (χ4v) is 6.43. The van der Waals surface area contributed by atoms with Gasteiger partial charge in [-0.15, -0.1) is 0 Å². The van der Waals surface area contributed by atoms with E-state index in [1.807, 2.05) is 18.3 Å². The first-order chi connectivity index (χ1) is 16.1. The second-order valence-electron chi connectivity index (χ2n) is 10.2. The van der Waals surface area contributed by atoms with Crippen LogP contribution in [0.4, 0.5) is 11.8 Å². The highest BCUT2D eigenvalue weighted by atomic mass is 16.2. The Hall–Kier alpha value is -3.00. The molecule has 3 atom stereocenters. The monoisotopic (exact) mass is 445 g/mol. The quantitative estimate of drug-likeness (QED) is 0.565. The fraction of sp³-hybridized carbons (Fsp3) is 0.520. The van der Waals surface area contributed by atoms with E-state index in [2.05, 4.69) is 38.2 Å². The minimum absolute atomic E-state index is 0.0331. The summed E-state index contributed by atoms with van der Waals surface area (Å²) in [5, 5.41) is 7.24. The number of pyridine rings is 1. The van der Waals surface area contributed by atoms with Crippen molar-refractivity contribution >= 4 is 28.7 Å². The van der Waals surface area contributed by atoms with Crippen molar-refractivity contribution in [3.63, 3.8) is 0 Å². The average Bonchev–Trinajstić information content (AvgIpc) is 3.54. The van der Waals surface area contributed by atoms with Gasteiger partial charge in [0.15, 0.2) is 0 Å². The van der Waals surface area contributed by atoms with Crippen LogP contribution in [0, 0.1) is 11.8 Å². The van der Waals surface area contributed by atoms with Gasteiger partial charge in [-0.05, 0) is 67.7 Å². The van der Waals surface area contributed by atoms with Crippen LogP contribution in [-0.4, -0.2) is 38.5 Å². The van der Waals surface area contributed by atoms with E-state index >= 15 is 0 Å². The molecule has 4 N–H and O–H groups in total. The van der Waals surface area contributed by atoms with Gasteiger partial charge in [-0.3, -0.25) is 4.79 Å². The standard InChI is InChI=1S/C25H31N7O/c1-15-8-17(11-26)19(9-15)16-4-5-21(27-12-16)30-24-28-13-18-10-20-23(33)29-14-25(6-2-3-7-25)32(20)22(18)31-24/h4-5,10,12-13,15,17,19H,2-3,6-9,11,14,26H2,1H3,(H,29,33)(H,27,28,30,31)/t15-,17+,19?/m0/s1. The Kier molecular flexibility index (Phi) is 4.87. The molecule has 1 unspecified atom stereocenters. The van der Waals surface area contributed by atoms with Crippen molar-refractivity contribution in [1.29, 1.82) is 0 Å². The second-order valence-corrected chi connectivity index (χ2v) is 10.2. The van der Waals surface area contributed by atoms with Crippen LogP contribution in [0.3, 0.4) is 0 Å². The lowest BCUT2D eigenvalue weighted by Gasteiger charge is -2.37. The molecule has 3 aromatic rings. The van der Waals surface area contributed by atoms with Crippen molar-refractivity contribution in [3.8, 4) is 0 Å². The molecular formula is C25H31N7O. The molecule has 4 heterocycles. The zero-order valence-electron chi connectivity index (χ0n) is 19.1. The summed E-state index contributed by atoms with van der Waals surface area (Å²) in [4.78, 5) is 26.5. The Balaban J connectivity index is 1.29. The third kappa shape index (κ3) is 3.39. The highest BCUT2D eigenvalue weighted by Crippen LogP contribution is 2.43. The molecule has 6 rings (SSSR count). The molecule has 3 aliphatic rings. The molecule has 0 bridgehead atoms. The van der Waals surface area contributed by atoms with E-state index in [4.69, 9.17) is 10.7 Å². The van der Waals surface area contributed by atoms with Crippen LogP contribution in [0.25, 0.3) is 11.0 Å². The largest absolute Gasteiger partial charge is 0.348 e. The van der Waals surface area contributed by atoms with Gasteiger partial charge >= 0.3 is 0 Å². The van der Waals surface area contributed by atoms with Crippen molar-refractivity contribution in [2.75, 3.05) is 18.4 Å². The summed E-state index contributed by atoms with van der Waals surface area (Å²) in [6.07, 6.45) is 10.6. The number of anilines is 2. The predicted molar refractivity (Wildman–Crippen MR) is 128 cm³/mol. The van der Waals surface area contributed by atoms with Crippen LogP contribution in [0.1, 0.15) is 67.4 Å². The molecule has 33 heavy (non-hydrogen) atoms. The number of carbonyl (C=O) groups excluding carboxylic acids is 1. The maximum Gasteiger partial charge on any atom is 0.268 e. The smallest absolute Gasteiger partial charge is 0.268 e. The number of hydrogen-bond acceptors (Lipinski definition) is 6. The van der Waals surface area contributed by atoms with Crippen LogP contribution >= 0.6 is 0 Å². The lowest BCUT2D eigenvalue weighted by atomic mass is 9.90. The van der Waals surface area contributed by atoms with Crippen molar-refractivity contribution in [2.24, 2.45) is 17.6 Å². The molecule has 8 heteroatoms. The predicted octanol–water partition coefficient (Wildman–Crippen LogP) is 3.67. The lowest BCUT2D eigenvalue weighted by Crippen LogP contribution is -2.50. The van der Waals surface area contributed by atoms with Gasteiger partial charge in [-0.2, -0.15) is 4.98 Å². The van der Waals surface area contributed by atoms with Gasteiger partial charge in [0, 0.05) is 24.3 Å². The van der Waals surface area contributed by atoms with Crippen LogP contribution in [0.15, 0.2) is 30.6 Å². The van der Waals surface area contributed by atoms with Crippen LogP contribution in [-0.2, 0) is 5.54 Å². The van der Waals surface area contributed by atoms with Gasteiger partial charge in [0.2, 0.25) is 5.95 Å². The van der Waals surface area contributed by atoms with E-state index in [1.54, 1.807) is 6.20 Å². The van der Waals surface area contributed by atoms with Crippen LogP contribution < -0.4 is 16.4 Å². The summed E-state index contributed by atoms with van der Waals surface area (Å²) in [7, 11) is 0. The summed E-state index contributed by atoms with van der Waals surface area (Å²) in [5.74, 6) is 2.91.